The molecule has 40 heavy (non-hydrogen) atoms. The second-order valence-corrected chi connectivity index (χ2v) is 12.1. The summed E-state index contributed by atoms with van der Waals surface area (Å²) in [6, 6.07) is -0.121. The van der Waals surface area contributed by atoms with Crippen molar-refractivity contribution in [2.75, 3.05) is 13.2 Å². The topological polar surface area (TPSA) is 78.6 Å². The van der Waals surface area contributed by atoms with E-state index < -0.39 is 0 Å². The lowest BCUT2D eigenvalue weighted by Gasteiger charge is -2.17. The van der Waals surface area contributed by atoms with Crippen molar-refractivity contribution in [3.05, 3.63) is 0 Å². The first kappa shape index (κ1) is 38.9. The number of unbranched alkanes of at least 4 members (excludes halogenated alkanes) is 18. The zero-order valence-corrected chi connectivity index (χ0v) is 27.2. The van der Waals surface area contributed by atoms with Crippen LogP contribution in [0.15, 0.2) is 0 Å². The zero-order valence-electron chi connectivity index (χ0n) is 27.2. The van der Waals surface area contributed by atoms with Gasteiger partial charge in [0.15, 0.2) is 0 Å². The van der Waals surface area contributed by atoms with Gasteiger partial charge < -0.3 is 15.2 Å². The van der Waals surface area contributed by atoms with Crippen LogP contribution in [-0.4, -0.2) is 31.2 Å². The molecule has 0 fully saturated rings. The van der Waals surface area contributed by atoms with Gasteiger partial charge in [-0.3, -0.25) is 9.59 Å². The molecule has 0 aliphatic rings. The van der Waals surface area contributed by atoms with E-state index >= 15 is 0 Å². The number of carbonyl (C=O) groups excluding carboxylic acids is 2. The summed E-state index contributed by atoms with van der Waals surface area (Å²) in [5.74, 6) is -0.133. The Hall–Kier alpha value is -1.10. The standard InChI is InChI=1S/C35H69NO4/c1-4-7-10-13-16-17-18-21-24-27-34(37)39-30-28-33(36)29-31-40-35(38)32(25-22-19-14-11-8-5-2)26-23-20-15-12-9-6-3/h32-33H,4-31,36H2,1-3H3. The molecule has 0 aliphatic heterocycles. The average molecular weight is 568 g/mol. The van der Waals surface area contributed by atoms with Crippen LogP contribution in [-0.2, 0) is 19.1 Å². The maximum absolute atomic E-state index is 12.9. The van der Waals surface area contributed by atoms with E-state index in [0.717, 1.165) is 38.5 Å². The Kier molecular flexibility index (Phi) is 30.0. The first-order valence-corrected chi connectivity index (χ1v) is 17.6. The number of hydrogen-bond donors (Lipinski definition) is 1. The molecule has 0 aromatic rings. The minimum atomic E-state index is -0.121. The average Bonchev–Trinajstić information content (AvgIpc) is 2.94. The fourth-order valence-electron chi connectivity index (χ4n) is 5.27. The predicted molar refractivity (Wildman–Crippen MR) is 170 cm³/mol. The van der Waals surface area contributed by atoms with Gasteiger partial charge in [0.2, 0.25) is 0 Å². The first-order valence-electron chi connectivity index (χ1n) is 17.6. The fourth-order valence-corrected chi connectivity index (χ4v) is 5.27. The van der Waals surface area contributed by atoms with E-state index in [9.17, 15) is 9.59 Å². The van der Waals surface area contributed by atoms with Crippen LogP contribution in [0.2, 0.25) is 0 Å². The van der Waals surface area contributed by atoms with Crippen molar-refractivity contribution in [3.63, 3.8) is 0 Å². The van der Waals surface area contributed by atoms with Crippen LogP contribution in [0.5, 0.6) is 0 Å². The second-order valence-electron chi connectivity index (χ2n) is 12.1. The molecular weight excluding hydrogens is 498 g/mol. The largest absolute Gasteiger partial charge is 0.466 e. The molecule has 5 heteroatoms. The maximum Gasteiger partial charge on any atom is 0.308 e. The van der Waals surface area contributed by atoms with E-state index in [1.165, 1.54) is 109 Å². The van der Waals surface area contributed by atoms with Crippen molar-refractivity contribution in [1.82, 2.24) is 0 Å². The lowest BCUT2D eigenvalue weighted by molar-refractivity contribution is -0.149. The van der Waals surface area contributed by atoms with Crippen LogP contribution in [0.25, 0.3) is 0 Å². The van der Waals surface area contributed by atoms with Gasteiger partial charge in [0.25, 0.3) is 0 Å². The highest BCUT2D eigenvalue weighted by molar-refractivity contribution is 5.72. The third kappa shape index (κ3) is 27.1. The molecule has 0 rings (SSSR count). The number of ether oxygens (including phenoxy) is 2. The Morgan fingerprint density at radius 3 is 1.32 bits per heavy atom. The normalized spacial score (nSPS) is 12.1. The molecule has 0 saturated carbocycles. The van der Waals surface area contributed by atoms with Gasteiger partial charge in [0.1, 0.15) is 0 Å². The summed E-state index contributed by atoms with van der Waals surface area (Å²) in [4.78, 5) is 24.9. The van der Waals surface area contributed by atoms with Gasteiger partial charge in [-0.25, -0.2) is 0 Å². The molecule has 0 aromatic heterocycles. The Morgan fingerprint density at radius 1 is 0.500 bits per heavy atom. The molecule has 0 spiro atoms. The molecule has 238 valence electrons. The highest BCUT2D eigenvalue weighted by Crippen LogP contribution is 2.21. The van der Waals surface area contributed by atoms with Gasteiger partial charge in [0, 0.05) is 12.5 Å². The van der Waals surface area contributed by atoms with Gasteiger partial charge in [0.05, 0.1) is 19.1 Å². The van der Waals surface area contributed by atoms with Crippen molar-refractivity contribution in [2.45, 2.75) is 194 Å². The number of carbonyl (C=O) groups is 2. The SMILES string of the molecule is CCCCCCCCCCCC(=O)OCCC(N)CCOC(=O)C(CCCCCCCC)CCCCCCCC. The van der Waals surface area contributed by atoms with Crippen LogP contribution < -0.4 is 5.73 Å². The molecule has 0 bridgehead atoms. The monoisotopic (exact) mass is 568 g/mol. The highest BCUT2D eigenvalue weighted by Gasteiger charge is 2.20. The maximum atomic E-state index is 12.9. The van der Waals surface area contributed by atoms with Crippen LogP contribution in [0.4, 0.5) is 0 Å². The van der Waals surface area contributed by atoms with Crippen LogP contribution >= 0.6 is 0 Å². The lowest BCUT2D eigenvalue weighted by atomic mass is 9.94. The van der Waals surface area contributed by atoms with E-state index in [1.54, 1.807) is 0 Å². The zero-order chi connectivity index (χ0) is 29.5. The summed E-state index contributed by atoms with van der Waals surface area (Å²) < 4.78 is 11.1. The van der Waals surface area contributed by atoms with Crippen molar-refractivity contribution in [2.24, 2.45) is 11.7 Å². The molecule has 0 amide bonds. The van der Waals surface area contributed by atoms with E-state index in [1.807, 2.05) is 0 Å². The third-order valence-electron chi connectivity index (χ3n) is 8.11. The lowest BCUT2D eigenvalue weighted by Crippen LogP contribution is -2.26. The van der Waals surface area contributed by atoms with E-state index in [-0.39, 0.29) is 23.9 Å². The molecule has 5 nitrogen and oxygen atoms in total. The fraction of sp³-hybridized carbons (Fsp3) is 0.943. The molecule has 0 radical (unpaired) electrons. The van der Waals surface area contributed by atoms with Gasteiger partial charge in [-0.2, -0.15) is 0 Å². The molecule has 1 atom stereocenters. The molecule has 1 unspecified atom stereocenters. The van der Waals surface area contributed by atoms with Crippen molar-refractivity contribution >= 4 is 11.9 Å². The number of esters is 2. The molecule has 0 aliphatic carbocycles. The van der Waals surface area contributed by atoms with Crippen molar-refractivity contribution in [1.29, 1.82) is 0 Å². The van der Waals surface area contributed by atoms with Gasteiger partial charge in [-0.1, -0.05) is 149 Å². The summed E-state index contributed by atoms with van der Waals surface area (Å²) >= 11 is 0. The molecule has 0 heterocycles. The molecule has 0 saturated heterocycles. The third-order valence-corrected chi connectivity index (χ3v) is 8.11. The number of nitrogens with two attached hydrogens (primary N) is 1. The van der Waals surface area contributed by atoms with E-state index in [0.29, 0.717) is 32.5 Å². The van der Waals surface area contributed by atoms with E-state index in [2.05, 4.69) is 20.8 Å². The Labute approximate surface area is 249 Å². The van der Waals surface area contributed by atoms with Gasteiger partial charge in [-0.05, 0) is 32.1 Å². The quantitative estimate of drug-likeness (QED) is 0.0666. The summed E-state index contributed by atoms with van der Waals surface area (Å²) in [6.07, 6.45) is 29.7. The molecule has 0 aromatic carbocycles. The highest BCUT2D eigenvalue weighted by atomic mass is 16.5. The van der Waals surface area contributed by atoms with Gasteiger partial charge >= 0.3 is 11.9 Å². The summed E-state index contributed by atoms with van der Waals surface area (Å²) in [5, 5.41) is 0. The molecule has 2 N–H and O–H groups in total. The van der Waals surface area contributed by atoms with Crippen LogP contribution in [0.1, 0.15) is 188 Å². The van der Waals surface area contributed by atoms with Crippen molar-refractivity contribution < 1.29 is 19.1 Å². The minimum absolute atomic E-state index is 0.0237. The van der Waals surface area contributed by atoms with Gasteiger partial charge in [-0.15, -0.1) is 0 Å². The first-order chi connectivity index (χ1) is 19.5. The van der Waals surface area contributed by atoms with Crippen LogP contribution in [0.3, 0.4) is 0 Å². The van der Waals surface area contributed by atoms with Crippen LogP contribution in [0, 0.1) is 5.92 Å². The Bertz CT molecular complexity index is 538. The smallest absolute Gasteiger partial charge is 0.308 e. The molecular formula is C35H69NO4. The number of rotatable bonds is 31. The summed E-state index contributed by atoms with van der Waals surface area (Å²) in [5.41, 5.74) is 6.21. The van der Waals surface area contributed by atoms with E-state index in [4.69, 9.17) is 15.2 Å². The predicted octanol–water partition coefficient (Wildman–Crippen LogP) is 10.2. The Balaban J connectivity index is 4.02. The second kappa shape index (κ2) is 30.8. The van der Waals surface area contributed by atoms with Crippen molar-refractivity contribution in [3.8, 4) is 0 Å². The minimum Gasteiger partial charge on any atom is -0.466 e. The Morgan fingerprint density at radius 2 is 0.875 bits per heavy atom. The number of hydrogen-bond acceptors (Lipinski definition) is 5. The summed E-state index contributed by atoms with van der Waals surface area (Å²) in [7, 11) is 0. The summed E-state index contributed by atoms with van der Waals surface area (Å²) in [6.45, 7) is 7.43.